The average molecular weight is 293 g/mol. The highest BCUT2D eigenvalue weighted by Crippen LogP contribution is 2.24. The van der Waals surface area contributed by atoms with Crippen LogP contribution in [0.15, 0.2) is 18.3 Å². The molecule has 1 heterocycles. The van der Waals surface area contributed by atoms with Gasteiger partial charge in [0.15, 0.2) is 0 Å². The van der Waals surface area contributed by atoms with Crippen molar-refractivity contribution in [3.63, 3.8) is 0 Å². The van der Waals surface area contributed by atoms with Gasteiger partial charge < -0.3 is 20.5 Å². The minimum absolute atomic E-state index is 0.226. The van der Waals surface area contributed by atoms with E-state index in [1.54, 1.807) is 13.1 Å². The number of pyridine rings is 1. The molecule has 6 nitrogen and oxygen atoms in total. The Labute approximate surface area is 124 Å². The number of amides is 2. The third kappa shape index (κ3) is 5.23. The Morgan fingerprint density at radius 2 is 2.24 bits per heavy atom. The number of carbonyl (C=O) groups is 1. The molecule has 1 aliphatic carbocycles. The molecule has 2 amide bonds. The lowest BCUT2D eigenvalue weighted by Gasteiger charge is -2.15. The zero-order chi connectivity index (χ0) is 15.1. The molecular weight excluding hydrogens is 270 g/mol. The summed E-state index contributed by atoms with van der Waals surface area (Å²) < 4.78 is 5.91. The minimum Gasteiger partial charge on any atom is -0.474 e. The van der Waals surface area contributed by atoms with E-state index in [4.69, 9.17) is 9.84 Å². The van der Waals surface area contributed by atoms with Gasteiger partial charge in [-0.25, -0.2) is 9.78 Å². The predicted octanol–water partition coefficient (Wildman–Crippen LogP) is 1.58. The first-order valence-corrected chi connectivity index (χ1v) is 7.45. The maximum absolute atomic E-state index is 11.6. The van der Waals surface area contributed by atoms with Gasteiger partial charge in [-0.15, -0.1) is 0 Å². The summed E-state index contributed by atoms with van der Waals surface area (Å²) in [6.45, 7) is 2.20. The number of ether oxygens (including phenoxy) is 1. The van der Waals surface area contributed by atoms with Crippen LogP contribution < -0.4 is 15.4 Å². The van der Waals surface area contributed by atoms with E-state index in [1.807, 2.05) is 12.1 Å². The smallest absolute Gasteiger partial charge is 0.315 e. The number of hydrogen-bond donors (Lipinski definition) is 3. The van der Waals surface area contributed by atoms with E-state index in [2.05, 4.69) is 15.6 Å². The molecular formula is C15H23N3O3. The van der Waals surface area contributed by atoms with Gasteiger partial charge in [-0.05, 0) is 38.7 Å². The molecule has 6 heteroatoms. The first kappa shape index (κ1) is 15.6. The molecule has 0 saturated heterocycles. The van der Waals surface area contributed by atoms with E-state index in [9.17, 15) is 4.79 Å². The second-order valence-electron chi connectivity index (χ2n) is 5.40. The highest BCUT2D eigenvalue weighted by Gasteiger charge is 2.18. The van der Waals surface area contributed by atoms with E-state index in [-0.39, 0.29) is 18.7 Å². The zero-order valence-electron chi connectivity index (χ0n) is 12.3. The third-order valence-corrected chi connectivity index (χ3v) is 3.43. The summed E-state index contributed by atoms with van der Waals surface area (Å²) in [7, 11) is 0. The molecule has 3 N–H and O–H groups in total. The molecule has 21 heavy (non-hydrogen) atoms. The topological polar surface area (TPSA) is 83.5 Å². The van der Waals surface area contributed by atoms with Crippen LogP contribution in [-0.4, -0.2) is 34.9 Å². The molecule has 0 aromatic carbocycles. The lowest BCUT2D eigenvalue weighted by atomic mass is 10.2. The van der Waals surface area contributed by atoms with Crippen LogP contribution in [0.1, 0.15) is 38.2 Å². The van der Waals surface area contributed by atoms with Crippen LogP contribution in [0.5, 0.6) is 5.88 Å². The van der Waals surface area contributed by atoms with E-state index in [1.165, 1.54) is 12.8 Å². The second-order valence-corrected chi connectivity index (χ2v) is 5.40. The minimum atomic E-state index is -0.560. The summed E-state index contributed by atoms with van der Waals surface area (Å²) in [4.78, 5) is 15.8. The lowest BCUT2D eigenvalue weighted by molar-refractivity contribution is 0.187. The Bertz CT molecular complexity index is 459. The van der Waals surface area contributed by atoms with Crippen molar-refractivity contribution in [1.82, 2.24) is 15.6 Å². The van der Waals surface area contributed by atoms with Gasteiger partial charge in [0, 0.05) is 24.8 Å². The monoisotopic (exact) mass is 293 g/mol. The van der Waals surface area contributed by atoms with Crippen molar-refractivity contribution in [1.29, 1.82) is 0 Å². The van der Waals surface area contributed by atoms with Crippen molar-refractivity contribution in [3.8, 4) is 5.88 Å². The Morgan fingerprint density at radius 1 is 1.48 bits per heavy atom. The first-order chi connectivity index (χ1) is 10.1. The molecule has 0 spiro atoms. The second kappa shape index (κ2) is 7.83. The number of aromatic nitrogens is 1. The van der Waals surface area contributed by atoms with Crippen LogP contribution in [0.25, 0.3) is 0 Å². The normalized spacial score (nSPS) is 16.5. The fraction of sp³-hybridized carbons (Fsp3) is 0.600. The van der Waals surface area contributed by atoms with Crippen molar-refractivity contribution < 1.29 is 14.6 Å². The number of carbonyl (C=O) groups excluding carboxylic acids is 1. The van der Waals surface area contributed by atoms with Gasteiger partial charge in [-0.2, -0.15) is 0 Å². The number of aliphatic hydroxyl groups excluding tert-OH is 1. The molecule has 1 aromatic heterocycles. The number of nitrogens with one attached hydrogen (secondary N) is 2. The molecule has 1 aromatic rings. The van der Waals surface area contributed by atoms with Gasteiger partial charge >= 0.3 is 6.03 Å². The van der Waals surface area contributed by atoms with Gasteiger partial charge in [0.05, 0.1) is 6.10 Å². The zero-order valence-corrected chi connectivity index (χ0v) is 12.3. The molecule has 0 radical (unpaired) electrons. The molecule has 1 saturated carbocycles. The Hall–Kier alpha value is -1.82. The predicted molar refractivity (Wildman–Crippen MR) is 79.0 cm³/mol. The van der Waals surface area contributed by atoms with Crippen LogP contribution in [0.2, 0.25) is 0 Å². The highest BCUT2D eigenvalue weighted by atomic mass is 16.5. The molecule has 1 aliphatic rings. The van der Waals surface area contributed by atoms with Gasteiger partial charge in [-0.1, -0.05) is 6.07 Å². The van der Waals surface area contributed by atoms with E-state index >= 15 is 0 Å². The van der Waals surface area contributed by atoms with E-state index in [0.717, 1.165) is 18.4 Å². The van der Waals surface area contributed by atoms with Gasteiger partial charge in [-0.3, -0.25) is 0 Å². The van der Waals surface area contributed by atoms with Crippen molar-refractivity contribution in [2.45, 2.75) is 51.4 Å². The summed E-state index contributed by atoms with van der Waals surface area (Å²) in [5, 5.41) is 14.4. The highest BCUT2D eigenvalue weighted by molar-refractivity contribution is 5.73. The quantitative estimate of drug-likeness (QED) is 0.743. The Kier molecular flexibility index (Phi) is 5.80. The summed E-state index contributed by atoms with van der Waals surface area (Å²) in [5.74, 6) is 0.597. The molecule has 1 fully saturated rings. The fourth-order valence-corrected chi connectivity index (χ4v) is 2.31. The Morgan fingerprint density at radius 3 is 2.95 bits per heavy atom. The molecule has 0 unspecified atom stereocenters. The van der Waals surface area contributed by atoms with Gasteiger partial charge in [0.2, 0.25) is 5.88 Å². The Balaban J connectivity index is 1.85. The number of hydrogen-bond acceptors (Lipinski definition) is 4. The largest absolute Gasteiger partial charge is 0.474 e. The SMILES string of the molecule is C[C@@H](O)CNC(=O)NCc1cccnc1OC1CCCC1. The maximum Gasteiger partial charge on any atom is 0.315 e. The summed E-state index contributed by atoms with van der Waals surface area (Å²) in [5.41, 5.74) is 0.858. The van der Waals surface area contributed by atoms with Crippen molar-refractivity contribution in [2.75, 3.05) is 6.54 Å². The maximum atomic E-state index is 11.6. The average Bonchev–Trinajstić information content (AvgIpc) is 2.97. The van der Waals surface area contributed by atoms with E-state index < -0.39 is 6.10 Å². The summed E-state index contributed by atoms with van der Waals surface area (Å²) in [6.07, 6.45) is 5.91. The van der Waals surface area contributed by atoms with Crippen molar-refractivity contribution >= 4 is 6.03 Å². The summed E-state index contributed by atoms with van der Waals surface area (Å²) in [6, 6.07) is 3.41. The molecule has 2 rings (SSSR count). The standard InChI is InChI=1S/C15H23N3O3/c1-11(19)9-17-15(20)18-10-12-5-4-8-16-14(12)21-13-6-2-3-7-13/h4-5,8,11,13,19H,2-3,6-7,9-10H2,1H3,(H2,17,18,20)/t11-/m1/s1. The van der Waals surface area contributed by atoms with Crippen LogP contribution in [0, 0.1) is 0 Å². The third-order valence-electron chi connectivity index (χ3n) is 3.43. The van der Waals surface area contributed by atoms with Crippen LogP contribution >= 0.6 is 0 Å². The summed E-state index contributed by atoms with van der Waals surface area (Å²) >= 11 is 0. The van der Waals surface area contributed by atoms with Crippen LogP contribution in [-0.2, 0) is 6.54 Å². The fourth-order valence-electron chi connectivity index (χ4n) is 2.31. The van der Waals surface area contributed by atoms with Gasteiger partial charge in [0.25, 0.3) is 0 Å². The molecule has 1 atom stereocenters. The molecule has 116 valence electrons. The van der Waals surface area contributed by atoms with Crippen LogP contribution in [0.4, 0.5) is 4.79 Å². The first-order valence-electron chi connectivity index (χ1n) is 7.45. The van der Waals surface area contributed by atoms with Crippen molar-refractivity contribution in [3.05, 3.63) is 23.9 Å². The molecule has 0 aliphatic heterocycles. The van der Waals surface area contributed by atoms with E-state index in [0.29, 0.717) is 12.4 Å². The van der Waals surface area contributed by atoms with Crippen LogP contribution in [0.3, 0.4) is 0 Å². The number of nitrogens with zero attached hydrogens (tertiary/aromatic N) is 1. The van der Waals surface area contributed by atoms with Gasteiger partial charge in [0.1, 0.15) is 6.10 Å². The number of rotatable bonds is 6. The number of aliphatic hydroxyl groups is 1. The molecule has 0 bridgehead atoms. The lowest BCUT2D eigenvalue weighted by Crippen LogP contribution is -2.38. The number of urea groups is 1. The van der Waals surface area contributed by atoms with Crippen molar-refractivity contribution in [2.24, 2.45) is 0 Å².